The Morgan fingerprint density at radius 1 is 1.35 bits per heavy atom. The third-order valence-electron chi connectivity index (χ3n) is 5.68. The maximum absolute atomic E-state index is 12.3. The lowest BCUT2D eigenvalue weighted by Crippen LogP contribution is -2.30. The minimum atomic E-state index is -0.603. The molecule has 3 aromatic heterocycles. The SMILES string of the molecule is CCOc1ccc(-c2nc(C3CC(O)CN3C(C)=O)n3c2cnc2[nH]cc(Cl)c23)cc1. The van der Waals surface area contributed by atoms with E-state index in [9.17, 15) is 9.90 Å². The number of amides is 1. The Morgan fingerprint density at radius 2 is 2.13 bits per heavy atom. The summed E-state index contributed by atoms with van der Waals surface area (Å²) in [6.45, 7) is 4.32. The van der Waals surface area contributed by atoms with Crippen molar-refractivity contribution in [3.8, 4) is 17.0 Å². The number of aromatic amines is 1. The monoisotopic (exact) mass is 439 g/mol. The zero-order valence-electron chi connectivity index (χ0n) is 17.2. The lowest BCUT2D eigenvalue weighted by Gasteiger charge is -2.22. The molecule has 0 bridgehead atoms. The lowest BCUT2D eigenvalue weighted by molar-refractivity contribution is -0.130. The molecule has 2 unspecified atom stereocenters. The van der Waals surface area contributed by atoms with Crippen molar-refractivity contribution < 1.29 is 14.6 Å². The van der Waals surface area contributed by atoms with Crippen LogP contribution in [0.1, 0.15) is 32.1 Å². The van der Waals surface area contributed by atoms with E-state index in [2.05, 4.69) is 9.97 Å². The number of likely N-dealkylation sites (tertiary alicyclic amines) is 1. The Morgan fingerprint density at radius 3 is 2.84 bits per heavy atom. The van der Waals surface area contributed by atoms with Crippen molar-refractivity contribution in [3.63, 3.8) is 0 Å². The average Bonchev–Trinajstić information content (AvgIpc) is 3.43. The van der Waals surface area contributed by atoms with E-state index in [1.165, 1.54) is 6.92 Å². The summed E-state index contributed by atoms with van der Waals surface area (Å²) < 4.78 is 7.50. The topological polar surface area (TPSA) is 95.8 Å². The number of benzene rings is 1. The summed E-state index contributed by atoms with van der Waals surface area (Å²) in [5.74, 6) is 1.33. The van der Waals surface area contributed by atoms with E-state index in [1.807, 2.05) is 35.6 Å². The molecular weight excluding hydrogens is 418 g/mol. The molecule has 5 rings (SSSR count). The number of nitrogens with zero attached hydrogens (tertiary/aromatic N) is 4. The summed E-state index contributed by atoms with van der Waals surface area (Å²) in [6.07, 6.45) is 3.24. The summed E-state index contributed by atoms with van der Waals surface area (Å²) in [5.41, 5.74) is 3.73. The average molecular weight is 440 g/mol. The predicted octanol–water partition coefficient (Wildman–Crippen LogP) is 3.58. The molecule has 1 saturated heterocycles. The molecule has 0 saturated carbocycles. The number of carbonyl (C=O) groups excluding carboxylic acids is 1. The van der Waals surface area contributed by atoms with Crippen LogP contribution in [0.25, 0.3) is 27.9 Å². The van der Waals surface area contributed by atoms with E-state index < -0.39 is 6.10 Å². The maximum Gasteiger partial charge on any atom is 0.220 e. The van der Waals surface area contributed by atoms with Crippen LogP contribution in [0.2, 0.25) is 5.02 Å². The molecule has 160 valence electrons. The highest BCUT2D eigenvalue weighted by Gasteiger charge is 2.37. The number of β-amino-alcohol motifs (C(OH)–C–C–N with tert-alkyl or cyclic N) is 1. The standard InChI is InChI=1S/C22H22ClN5O3/c1-3-31-15-6-4-13(5-7-15)19-18-10-25-21-20(16(23)9-24-21)28(18)22(26-19)17-8-14(30)11-27(17)12(2)29/h4-7,9-10,14,17,24,30H,3,8,11H2,1-2H3. The second kappa shape index (κ2) is 7.55. The van der Waals surface area contributed by atoms with Crippen LogP contribution in [0, 0.1) is 0 Å². The van der Waals surface area contributed by atoms with Crippen molar-refractivity contribution in [2.75, 3.05) is 13.2 Å². The maximum atomic E-state index is 12.3. The van der Waals surface area contributed by atoms with Gasteiger partial charge < -0.3 is 19.7 Å². The third kappa shape index (κ3) is 3.23. The molecule has 0 aliphatic carbocycles. The lowest BCUT2D eigenvalue weighted by atomic mass is 10.1. The Hall–Kier alpha value is -3.10. The van der Waals surface area contributed by atoms with Crippen molar-refractivity contribution in [2.45, 2.75) is 32.4 Å². The van der Waals surface area contributed by atoms with E-state index in [0.29, 0.717) is 35.0 Å². The summed E-state index contributed by atoms with van der Waals surface area (Å²) in [5, 5.41) is 10.8. The molecule has 1 fully saturated rings. The van der Waals surface area contributed by atoms with Gasteiger partial charge in [0, 0.05) is 31.6 Å². The number of imidazole rings is 1. The highest BCUT2D eigenvalue weighted by molar-refractivity contribution is 6.35. The van der Waals surface area contributed by atoms with Gasteiger partial charge in [-0.05, 0) is 31.2 Å². The van der Waals surface area contributed by atoms with E-state index in [4.69, 9.17) is 21.3 Å². The molecule has 31 heavy (non-hydrogen) atoms. The summed E-state index contributed by atoms with van der Waals surface area (Å²) in [7, 11) is 0. The molecule has 1 aliphatic rings. The number of rotatable bonds is 4. The summed E-state index contributed by atoms with van der Waals surface area (Å²) in [4.78, 5) is 26.5. The van der Waals surface area contributed by atoms with Gasteiger partial charge in [-0.1, -0.05) is 11.6 Å². The number of carbonyl (C=O) groups is 1. The number of hydrogen-bond donors (Lipinski definition) is 2. The van der Waals surface area contributed by atoms with Gasteiger partial charge in [-0.2, -0.15) is 0 Å². The van der Waals surface area contributed by atoms with Crippen LogP contribution in [0.5, 0.6) is 5.75 Å². The van der Waals surface area contributed by atoms with E-state index in [-0.39, 0.29) is 18.5 Å². The Kier molecular flexibility index (Phi) is 4.83. The van der Waals surface area contributed by atoms with Gasteiger partial charge in [0.25, 0.3) is 0 Å². The van der Waals surface area contributed by atoms with Gasteiger partial charge in [-0.3, -0.25) is 9.20 Å². The molecule has 2 atom stereocenters. The second-order valence-electron chi connectivity index (χ2n) is 7.67. The first-order valence-electron chi connectivity index (χ1n) is 10.2. The number of halogens is 1. The van der Waals surface area contributed by atoms with Crippen LogP contribution >= 0.6 is 11.6 Å². The molecule has 1 aliphatic heterocycles. The van der Waals surface area contributed by atoms with Crippen LogP contribution in [-0.4, -0.2) is 54.5 Å². The minimum Gasteiger partial charge on any atom is -0.494 e. The summed E-state index contributed by atoms with van der Waals surface area (Å²) >= 11 is 6.50. The van der Waals surface area contributed by atoms with Crippen molar-refractivity contribution >= 4 is 34.2 Å². The Labute approximate surface area is 183 Å². The number of fused-ring (bicyclic) bond motifs is 3. The molecular formula is C22H22ClN5O3. The van der Waals surface area contributed by atoms with Crippen molar-refractivity contribution in [3.05, 3.63) is 47.5 Å². The third-order valence-corrected chi connectivity index (χ3v) is 5.97. The number of aliphatic hydroxyl groups excluding tert-OH is 1. The molecule has 4 heterocycles. The van der Waals surface area contributed by atoms with Gasteiger partial charge in [0.05, 0.1) is 41.2 Å². The summed E-state index contributed by atoms with van der Waals surface area (Å²) in [6, 6.07) is 7.34. The molecule has 8 nitrogen and oxygen atoms in total. The normalized spacial score (nSPS) is 18.9. The van der Waals surface area contributed by atoms with Gasteiger partial charge in [0.2, 0.25) is 5.91 Å². The molecule has 9 heteroatoms. The molecule has 1 aromatic carbocycles. The molecule has 0 spiro atoms. The molecule has 1 amide bonds. The smallest absolute Gasteiger partial charge is 0.220 e. The van der Waals surface area contributed by atoms with Gasteiger partial charge in [0.15, 0.2) is 5.65 Å². The van der Waals surface area contributed by atoms with Crippen molar-refractivity contribution in [1.82, 2.24) is 24.3 Å². The fourth-order valence-corrected chi connectivity index (χ4v) is 4.57. The zero-order chi connectivity index (χ0) is 21.7. The number of nitrogens with one attached hydrogen (secondary N) is 1. The fraction of sp³-hybridized carbons (Fsp3) is 0.318. The number of H-pyrrole nitrogens is 1. The number of aromatic nitrogens is 4. The van der Waals surface area contributed by atoms with Crippen LogP contribution in [-0.2, 0) is 4.79 Å². The zero-order valence-corrected chi connectivity index (χ0v) is 17.9. The van der Waals surface area contributed by atoms with Gasteiger partial charge in [-0.15, -0.1) is 0 Å². The van der Waals surface area contributed by atoms with Crippen LogP contribution in [0.4, 0.5) is 0 Å². The first-order valence-corrected chi connectivity index (χ1v) is 10.6. The van der Waals surface area contributed by atoms with Crippen LogP contribution < -0.4 is 4.74 Å². The Bertz CT molecular complexity index is 1280. The molecule has 4 aromatic rings. The largest absolute Gasteiger partial charge is 0.494 e. The Balaban J connectivity index is 1.76. The van der Waals surface area contributed by atoms with Crippen molar-refractivity contribution in [1.29, 1.82) is 0 Å². The van der Waals surface area contributed by atoms with Gasteiger partial charge in [0.1, 0.15) is 17.1 Å². The quantitative estimate of drug-likeness (QED) is 0.506. The van der Waals surface area contributed by atoms with E-state index in [0.717, 1.165) is 22.5 Å². The number of hydrogen-bond acceptors (Lipinski definition) is 5. The first-order chi connectivity index (χ1) is 15.0. The number of aliphatic hydroxyl groups is 1. The predicted molar refractivity (Wildman–Crippen MR) is 117 cm³/mol. The van der Waals surface area contributed by atoms with Crippen molar-refractivity contribution in [2.24, 2.45) is 0 Å². The van der Waals surface area contributed by atoms with Crippen LogP contribution in [0.15, 0.2) is 36.7 Å². The number of ether oxygens (including phenoxy) is 1. The van der Waals surface area contributed by atoms with Gasteiger partial charge in [-0.25, -0.2) is 9.97 Å². The molecule has 2 N–H and O–H groups in total. The van der Waals surface area contributed by atoms with E-state index in [1.54, 1.807) is 17.3 Å². The minimum absolute atomic E-state index is 0.105. The second-order valence-corrected chi connectivity index (χ2v) is 8.07. The highest BCUT2D eigenvalue weighted by Crippen LogP contribution is 2.38. The first kappa shape index (κ1) is 19.8. The van der Waals surface area contributed by atoms with E-state index >= 15 is 0 Å². The van der Waals surface area contributed by atoms with Crippen LogP contribution in [0.3, 0.4) is 0 Å². The fourth-order valence-electron chi connectivity index (χ4n) is 4.34. The highest BCUT2D eigenvalue weighted by atomic mass is 35.5. The molecule has 0 radical (unpaired) electrons. The van der Waals surface area contributed by atoms with Gasteiger partial charge >= 0.3 is 0 Å².